The summed E-state index contributed by atoms with van der Waals surface area (Å²) in [5.41, 5.74) is 2.22. The first-order chi connectivity index (χ1) is 9.72. The van der Waals surface area contributed by atoms with Crippen LogP contribution in [0.5, 0.6) is 0 Å². The maximum absolute atomic E-state index is 6.11. The lowest BCUT2D eigenvalue weighted by Gasteiger charge is -2.32. The summed E-state index contributed by atoms with van der Waals surface area (Å²) in [6, 6.07) is 6.48. The third-order valence-electron chi connectivity index (χ3n) is 3.56. The topological polar surface area (TPSA) is 46.0 Å². The van der Waals surface area contributed by atoms with Crippen molar-refractivity contribution in [1.82, 2.24) is 25.0 Å². The first-order valence-electron chi connectivity index (χ1n) is 6.81. The molecule has 5 nitrogen and oxygen atoms in total. The highest BCUT2D eigenvalue weighted by molar-refractivity contribution is 6.30. The number of halogens is 1. The van der Waals surface area contributed by atoms with Crippen molar-refractivity contribution in [1.29, 1.82) is 0 Å². The van der Waals surface area contributed by atoms with E-state index in [1.165, 1.54) is 11.9 Å². The van der Waals surface area contributed by atoms with Crippen LogP contribution in [0.4, 0.5) is 0 Å². The molecule has 0 aliphatic carbocycles. The molecule has 1 N–H and O–H groups in total. The molecule has 1 atom stereocenters. The van der Waals surface area contributed by atoms with Gasteiger partial charge in [-0.3, -0.25) is 4.90 Å². The van der Waals surface area contributed by atoms with Crippen LogP contribution in [0, 0.1) is 0 Å². The van der Waals surface area contributed by atoms with E-state index in [0.717, 1.165) is 31.9 Å². The molecule has 0 saturated carbocycles. The second-order valence-corrected chi connectivity index (χ2v) is 5.64. The smallest absolute Gasteiger partial charge is 0.138 e. The van der Waals surface area contributed by atoms with Gasteiger partial charge in [-0.05, 0) is 24.6 Å². The van der Waals surface area contributed by atoms with Gasteiger partial charge in [-0.1, -0.05) is 17.7 Å². The van der Waals surface area contributed by atoms with Crippen LogP contribution in [0.15, 0.2) is 30.9 Å². The average molecular weight is 292 g/mol. The number of nitrogens with one attached hydrogen (secondary N) is 1. The lowest BCUT2D eigenvalue weighted by Crippen LogP contribution is -2.48. The summed E-state index contributed by atoms with van der Waals surface area (Å²) in [5.74, 6) is 0. The second kappa shape index (κ2) is 5.91. The van der Waals surface area contributed by atoms with Gasteiger partial charge in [0.2, 0.25) is 0 Å². The minimum Gasteiger partial charge on any atom is -0.312 e. The molecule has 1 aromatic carbocycles. The Hall–Kier alpha value is -1.43. The molecule has 0 spiro atoms. The fraction of sp³-hybridized carbons (Fsp3) is 0.429. The second-order valence-electron chi connectivity index (χ2n) is 5.20. The van der Waals surface area contributed by atoms with Gasteiger partial charge in [-0.25, -0.2) is 9.67 Å². The lowest BCUT2D eigenvalue weighted by molar-refractivity contribution is 0.199. The molecular weight excluding hydrogens is 274 g/mol. The SMILES string of the molecule is CC1CN(Cc2ccc(Cl)cc2-n2cncn2)CCN1. The molecule has 2 heterocycles. The van der Waals surface area contributed by atoms with Gasteiger partial charge in [0.25, 0.3) is 0 Å². The average Bonchev–Trinajstić information content (AvgIpc) is 2.95. The van der Waals surface area contributed by atoms with Crippen LogP contribution in [0.2, 0.25) is 5.02 Å². The van der Waals surface area contributed by atoms with E-state index in [2.05, 4.69) is 33.3 Å². The van der Waals surface area contributed by atoms with Crippen molar-refractivity contribution in [3.05, 3.63) is 41.4 Å². The minimum atomic E-state index is 0.533. The lowest BCUT2D eigenvalue weighted by atomic mass is 10.1. The number of rotatable bonds is 3. The predicted octanol–water partition coefficient (Wildman–Crippen LogP) is 1.71. The predicted molar refractivity (Wildman–Crippen MR) is 79.1 cm³/mol. The number of nitrogens with zero attached hydrogens (tertiary/aromatic N) is 4. The van der Waals surface area contributed by atoms with Gasteiger partial charge >= 0.3 is 0 Å². The molecule has 2 aromatic rings. The van der Waals surface area contributed by atoms with Crippen LogP contribution in [0.1, 0.15) is 12.5 Å². The van der Waals surface area contributed by atoms with Crippen LogP contribution < -0.4 is 5.32 Å². The molecule has 20 heavy (non-hydrogen) atoms. The van der Waals surface area contributed by atoms with Crippen molar-refractivity contribution >= 4 is 11.6 Å². The van der Waals surface area contributed by atoms with E-state index in [1.54, 1.807) is 11.0 Å². The summed E-state index contributed by atoms with van der Waals surface area (Å²) >= 11 is 6.11. The van der Waals surface area contributed by atoms with Crippen LogP contribution in [0.25, 0.3) is 5.69 Å². The molecule has 1 unspecified atom stereocenters. The molecule has 6 heteroatoms. The summed E-state index contributed by atoms with van der Waals surface area (Å²) in [6.45, 7) is 6.27. The third kappa shape index (κ3) is 3.00. The standard InChI is InChI=1S/C14H18ClN5/c1-11-7-19(5-4-17-11)8-12-2-3-13(15)6-14(12)20-10-16-9-18-20/h2-3,6,9-11,17H,4-5,7-8H2,1H3. The quantitative estimate of drug-likeness (QED) is 0.935. The maximum Gasteiger partial charge on any atom is 0.138 e. The van der Waals surface area contributed by atoms with Gasteiger partial charge in [-0.2, -0.15) is 5.10 Å². The molecule has 3 rings (SSSR count). The zero-order chi connectivity index (χ0) is 13.9. The molecule has 1 aliphatic heterocycles. The minimum absolute atomic E-state index is 0.533. The molecule has 1 aliphatic rings. The number of hydrogen-bond acceptors (Lipinski definition) is 4. The largest absolute Gasteiger partial charge is 0.312 e. The number of piperazine rings is 1. The molecule has 0 amide bonds. The molecule has 1 aromatic heterocycles. The van der Waals surface area contributed by atoms with Gasteiger partial charge in [0.1, 0.15) is 12.7 Å². The normalized spacial score (nSPS) is 20.2. The summed E-state index contributed by atoms with van der Waals surface area (Å²) < 4.78 is 1.77. The van der Waals surface area contributed by atoms with Crippen molar-refractivity contribution in [3.8, 4) is 5.69 Å². The first kappa shape index (κ1) is 13.5. The van der Waals surface area contributed by atoms with Crippen LogP contribution in [-0.4, -0.2) is 45.3 Å². The van der Waals surface area contributed by atoms with E-state index in [4.69, 9.17) is 11.6 Å². The molecule has 1 fully saturated rings. The summed E-state index contributed by atoms with van der Waals surface area (Å²) in [5, 5.41) is 8.39. The fourth-order valence-corrected chi connectivity index (χ4v) is 2.78. The van der Waals surface area contributed by atoms with Crippen molar-refractivity contribution in [3.63, 3.8) is 0 Å². The highest BCUT2D eigenvalue weighted by Crippen LogP contribution is 2.21. The Morgan fingerprint density at radius 2 is 2.35 bits per heavy atom. The Bertz CT molecular complexity index is 569. The van der Waals surface area contributed by atoms with Crippen molar-refractivity contribution in [2.24, 2.45) is 0 Å². The van der Waals surface area contributed by atoms with Gasteiger partial charge < -0.3 is 5.32 Å². The Kier molecular flexibility index (Phi) is 4.00. The van der Waals surface area contributed by atoms with Crippen molar-refractivity contribution in [2.75, 3.05) is 19.6 Å². The fourth-order valence-electron chi connectivity index (χ4n) is 2.61. The van der Waals surface area contributed by atoms with E-state index in [0.29, 0.717) is 11.1 Å². The van der Waals surface area contributed by atoms with E-state index in [1.807, 2.05) is 12.1 Å². The summed E-state index contributed by atoms with van der Waals surface area (Å²) in [4.78, 5) is 6.46. The van der Waals surface area contributed by atoms with E-state index in [9.17, 15) is 0 Å². The Morgan fingerprint density at radius 1 is 1.45 bits per heavy atom. The van der Waals surface area contributed by atoms with E-state index in [-0.39, 0.29) is 0 Å². The molecule has 1 saturated heterocycles. The van der Waals surface area contributed by atoms with Crippen molar-refractivity contribution in [2.45, 2.75) is 19.5 Å². The zero-order valence-corrected chi connectivity index (χ0v) is 12.2. The Labute approximate surface area is 123 Å². The third-order valence-corrected chi connectivity index (χ3v) is 3.79. The monoisotopic (exact) mass is 291 g/mol. The van der Waals surface area contributed by atoms with E-state index >= 15 is 0 Å². The van der Waals surface area contributed by atoms with Crippen molar-refractivity contribution < 1.29 is 0 Å². The first-order valence-corrected chi connectivity index (χ1v) is 7.19. The molecule has 0 bridgehead atoms. The van der Waals surface area contributed by atoms with Crippen LogP contribution >= 0.6 is 11.6 Å². The van der Waals surface area contributed by atoms with Gasteiger partial charge in [-0.15, -0.1) is 0 Å². The Balaban J connectivity index is 1.85. The Morgan fingerprint density at radius 3 is 3.10 bits per heavy atom. The molecule has 106 valence electrons. The number of hydrogen-bond donors (Lipinski definition) is 1. The summed E-state index contributed by atoms with van der Waals surface area (Å²) in [6.07, 6.45) is 3.24. The highest BCUT2D eigenvalue weighted by atomic mass is 35.5. The highest BCUT2D eigenvalue weighted by Gasteiger charge is 2.17. The molecular formula is C14H18ClN5. The van der Waals surface area contributed by atoms with Crippen LogP contribution in [0.3, 0.4) is 0 Å². The summed E-state index contributed by atoms with van der Waals surface area (Å²) in [7, 11) is 0. The van der Waals surface area contributed by atoms with Gasteiger partial charge in [0.05, 0.1) is 5.69 Å². The van der Waals surface area contributed by atoms with Gasteiger partial charge in [0.15, 0.2) is 0 Å². The van der Waals surface area contributed by atoms with Gasteiger partial charge in [0, 0.05) is 37.2 Å². The molecule has 0 radical (unpaired) electrons. The zero-order valence-electron chi connectivity index (χ0n) is 11.5. The van der Waals surface area contributed by atoms with Crippen LogP contribution in [-0.2, 0) is 6.54 Å². The maximum atomic E-state index is 6.11. The number of benzene rings is 1. The number of aromatic nitrogens is 3. The van der Waals surface area contributed by atoms with E-state index < -0.39 is 0 Å².